The summed E-state index contributed by atoms with van der Waals surface area (Å²) in [7, 11) is 0. The fraction of sp³-hybridized carbons (Fsp3) is 0.100. The molecule has 16 heavy (non-hydrogen) atoms. The number of H-pyrrole nitrogens is 1. The van der Waals surface area contributed by atoms with Crippen molar-refractivity contribution in [3.63, 3.8) is 0 Å². The third-order valence-electron chi connectivity index (χ3n) is 2.50. The summed E-state index contributed by atoms with van der Waals surface area (Å²) in [4.78, 5) is 15.2. The molecule has 0 bridgehead atoms. The number of nitrogens with zero attached hydrogens (tertiary/aromatic N) is 3. The molecule has 0 aliphatic carbocycles. The summed E-state index contributed by atoms with van der Waals surface area (Å²) < 4.78 is 11.0. The Hall–Kier alpha value is -2.37. The minimum atomic E-state index is -0.524. The zero-order valence-electron chi connectivity index (χ0n) is 8.04. The summed E-state index contributed by atoms with van der Waals surface area (Å²) in [6.45, 7) is 0. The van der Waals surface area contributed by atoms with E-state index in [1.165, 1.54) is 6.33 Å². The van der Waals surface area contributed by atoms with Crippen LogP contribution in [0.5, 0.6) is 11.8 Å². The Labute approximate surface area is 90.0 Å². The lowest BCUT2D eigenvalue weighted by Crippen LogP contribution is -2.27. The average molecular weight is 214 g/mol. The lowest BCUT2D eigenvalue weighted by molar-refractivity contribution is 0.108. The van der Waals surface area contributed by atoms with Gasteiger partial charge in [-0.25, -0.2) is 9.98 Å². The average Bonchev–Trinajstić information content (AvgIpc) is 2.94. The Morgan fingerprint density at radius 3 is 3.19 bits per heavy atom. The van der Waals surface area contributed by atoms with E-state index in [9.17, 15) is 0 Å². The lowest BCUT2D eigenvalue weighted by Gasteiger charge is -2.07. The highest BCUT2D eigenvalue weighted by Gasteiger charge is 2.33. The van der Waals surface area contributed by atoms with Crippen LogP contribution in [0.4, 0.5) is 0 Å². The maximum absolute atomic E-state index is 5.50. The Kier molecular flexibility index (Phi) is 1.28. The number of aromatic amines is 1. The van der Waals surface area contributed by atoms with Gasteiger partial charge in [0, 0.05) is 11.8 Å². The fourth-order valence-corrected chi connectivity index (χ4v) is 1.77. The van der Waals surface area contributed by atoms with E-state index < -0.39 is 6.29 Å². The number of rotatable bonds is 1. The molecule has 6 heteroatoms. The highest BCUT2D eigenvalue weighted by atomic mass is 16.7. The van der Waals surface area contributed by atoms with E-state index in [0.29, 0.717) is 23.3 Å². The highest BCUT2D eigenvalue weighted by Crippen LogP contribution is 2.32. The molecule has 0 saturated heterocycles. The Morgan fingerprint density at radius 1 is 1.31 bits per heavy atom. The van der Waals surface area contributed by atoms with E-state index in [0.717, 1.165) is 5.57 Å². The molecule has 1 aromatic rings. The van der Waals surface area contributed by atoms with E-state index in [1.807, 2.05) is 12.2 Å². The fourth-order valence-electron chi connectivity index (χ4n) is 1.77. The molecule has 4 heterocycles. The summed E-state index contributed by atoms with van der Waals surface area (Å²) >= 11 is 0. The van der Waals surface area contributed by atoms with Crippen LogP contribution in [0.2, 0.25) is 0 Å². The number of aliphatic imine (C=N–C) groups is 2. The van der Waals surface area contributed by atoms with Crippen molar-refractivity contribution < 1.29 is 9.47 Å². The first-order valence-electron chi connectivity index (χ1n) is 4.82. The van der Waals surface area contributed by atoms with Crippen molar-refractivity contribution in [2.45, 2.75) is 6.29 Å². The SMILES string of the molecule is C1=CC2=CC(C3Oc4nc[nH]c4O3)=NC2=N1. The van der Waals surface area contributed by atoms with E-state index in [1.54, 1.807) is 6.20 Å². The van der Waals surface area contributed by atoms with Gasteiger partial charge in [-0.1, -0.05) is 0 Å². The van der Waals surface area contributed by atoms with Gasteiger partial charge in [0.05, 0.1) is 6.33 Å². The van der Waals surface area contributed by atoms with Crippen LogP contribution < -0.4 is 9.47 Å². The molecule has 6 nitrogen and oxygen atoms in total. The summed E-state index contributed by atoms with van der Waals surface area (Å²) in [6, 6.07) is 0. The quantitative estimate of drug-likeness (QED) is 0.752. The molecule has 3 aliphatic rings. The lowest BCUT2D eigenvalue weighted by atomic mass is 10.2. The predicted octanol–water partition coefficient (Wildman–Crippen LogP) is 0.814. The first kappa shape index (κ1) is 7.86. The molecule has 0 radical (unpaired) electrons. The van der Waals surface area contributed by atoms with Crippen LogP contribution in [0.3, 0.4) is 0 Å². The summed E-state index contributed by atoms with van der Waals surface area (Å²) in [6.07, 6.45) is 6.53. The van der Waals surface area contributed by atoms with Crippen molar-refractivity contribution in [1.29, 1.82) is 0 Å². The van der Waals surface area contributed by atoms with Crippen LogP contribution >= 0.6 is 0 Å². The standard InChI is InChI=1S/C10H6N4O2/c1-2-11-7-5(1)3-6(14-7)10-15-8-9(16-10)13-4-12-8/h1-4,10H,(H,12,13). The molecule has 3 aliphatic heterocycles. The summed E-state index contributed by atoms with van der Waals surface area (Å²) in [5.74, 6) is 1.73. The van der Waals surface area contributed by atoms with E-state index >= 15 is 0 Å². The number of ether oxygens (including phenoxy) is 2. The molecular formula is C10H6N4O2. The van der Waals surface area contributed by atoms with Gasteiger partial charge in [0.1, 0.15) is 5.71 Å². The minimum Gasteiger partial charge on any atom is -0.428 e. The molecule has 0 spiro atoms. The maximum atomic E-state index is 5.50. The number of fused-ring (bicyclic) bond motifs is 2. The van der Waals surface area contributed by atoms with E-state index in [4.69, 9.17) is 9.47 Å². The van der Waals surface area contributed by atoms with Crippen LogP contribution in [0.25, 0.3) is 0 Å². The van der Waals surface area contributed by atoms with Crippen LogP contribution in [0.1, 0.15) is 0 Å². The van der Waals surface area contributed by atoms with Gasteiger partial charge in [0.25, 0.3) is 18.1 Å². The third-order valence-corrected chi connectivity index (χ3v) is 2.50. The van der Waals surface area contributed by atoms with Gasteiger partial charge in [-0.05, 0) is 12.2 Å². The van der Waals surface area contributed by atoms with Gasteiger partial charge in [-0.3, -0.25) is 0 Å². The molecule has 4 rings (SSSR count). The molecule has 0 amide bonds. The smallest absolute Gasteiger partial charge is 0.288 e. The van der Waals surface area contributed by atoms with Crippen LogP contribution in [0.15, 0.2) is 40.2 Å². The molecule has 0 saturated carbocycles. The maximum Gasteiger partial charge on any atom is 0.288 e. The Morgan fingerprint density at radius 2 is 2.31 bits per heavy atom. The number of nitrogens with one attached hydrogen (secondary N) is 1. The molecule has 0 aromatic carbocycles. The summed E-state index contributed by atoms with van der Waals surface area (Å²) in [5.41, 5.74) is 1.70. The van der Waals surface area contributed by atoms with Crippen molar-refractivity contribution in [2.75, 3.05) is 0 Å². The van der Waals surface area contributed by atoms with Crippen LogP contribution in [0, 0.1) is 0 Å². The molecule has 1 N–H and O–H groups in total. The largest absolute Gasteiger partial charge is 0.428 e. The number of amidine groups is 1. The Bertz CT molecular complexity index is 573. The second kappa shape index (κ2) is 2.60. The molecule has 0 fully saturated rings. The number of aromatic nitrogens is 2. The highest BCUT2D eigenvalue weighted by molar-refractivity contribution is 6.21. The van der Waals surface area contributed by atoms with Crippen molar-refractivity contribution in [3.05, 3.63) is 30.3 Å². The summed E-state index contributed by atoms with van der Waals surface area (Å²) in [5, 5.41) is 0. The first-order valence-corrected chi connectivity index (χ1v) is 4.82. The molecule has 1 atom stereocenters. The van der Waals surface area contributed by atoms with Gasteiger partial charge in [0.2, 0.25) is 0 Å². The second-order valence-electron chi connectivity index (χ2n) is 3.51. The van der Waals surface area contributed by atoms with Crippen molar-refractivity contribution in [1.82, 2.24) is 9.97 Å². The number of hydrogen-bond donors (Lipinski definition) is 1. The molecule has 78 valence electrons. The van der Waals surface area contributed by atoms with Crippen molar-refractivity contribution in [2.24, 2.45) is 9.98 Å². The van der Waals surface area contributed by atoms with Gasteiger partial charge in [-0.15, -0.1) is 0 Å². The normalized spacial score (nSPS) is 20.9. The van der Waals surface area contributed by atoms with Gasteiger partial charge < -0.3 is 14.5 Å². The minimum absolute atomic E-state index is 0.473. The number of imidazole rings is 1. The molecule has 1 aromatic heterocycles. The topological polar surface area (TPSA) is 71.9 Å². The number of hydrogen-bond acceptors (Lipinski definition) is 5. The van der Waals surface area contributed by atoms with E-state index in [2.05, 4.69) is 20.0 Å². The third kappa shape index (κ3) is 0.928. The van der Waals surface area contributed by atoms with Gasteiger partial charge in [0.15, 0.2) is 5.84 Å². The van der Waals surface area contributed by atoms with Crippen LogP contribution in [-0.2, 0) is 0 Å². The van der Waals surface area contributed by atoms with E-state index in [-0.39, 0.29) is 0 Å². The second-order valence-corrected chi connectivity index (χ2v) is 3.51. The zero-order chi connectivity index (χ0) is 10.5. The van der Waals surface area contributed by atoms with Crippen molar-refractivity contribution >= 4 is 11.5 Å². The predicted molar refractivity (Wildman–Crippen MR) is 55.7 cm³/mol. The molecule has 1 unspecified atom stereocenters. The van der Waals surface area contributed by atoms with Crippen molar-refractivity contribution in [3.8, 4) is 11.8 Å². The van der Waals surface area contributed by atoms with Crippen LogP contribution in [-0.4, -0.2) is 27.8 Å². The monoisotopic (exact) mass is 214 g/mol. The Balaban J connectivity index is 1.65. The van der Waals surface area contributed by atoms with Gasteiger partial charge >= 0.3 is 0 Å². The van der Waals surface area contributed by atoms with Gasteiger partial charge in [-0.2, -0.15) is 4.98 Å². The first-order chi connectivity index (χ1) is 7.90. The molecular weight excluding hydrogens is 208 g/mol. The zero-order valence-corrected chi connectivity index (χ0v) is 8.04.